The van der Waals surface area contributed by atoms with Crippen LogP contribution < -0.4 is 16.1 Å². The number of benzene rings is 1. The molecule has 2 aliphatic rings. The molecule has 8 heteroatoms. The molecular weight excluding hydrogens is 344 g/mol. The number of fused-ring (bicyclic) bond motifs is 1. The number of carboxylic acid groups (broad SMARTS) is 1. The third-order valence-electron chi connectivity index (χ3n) is 5.34. The Morgan fingerprint density at radius 1 is 1.31 bits per heavy atom. The second kappa shape index (κ2) is 5.77. The van der Waals surface area contributed by atoms with Crippen LogP contribution in [0.3, 0.4) is 0 Å². The first-order valence-corrected chi connectivity index (χ1v) is 8.60. The van der Waals surface area contributed by atoms with E-state index in [9.17, 15) is 19.1 Å². The molecular formula is C18H19F2N3O3. The predicted octanol–water partition coefficient (Wildman–Crippen LogP) is 2.10. The molecule has 0 bridgehead atoms. The van der Waals surface area contributed by atoms with E-state index in [1.807, 2.05) is 6.92 Å². The minimum absolute atomic E-state index is 0.0352. The van der Waals surface area contributed by atoms with Crippen LogP contribution in [0.4, 0.5) is 14.5 Å². The van der Waals surface area contributed by atoms with E-state index in [-0.39, 0.29) is 34.6 Å². The van der Waals surface area contributed by atoms with E-state index in [0.717, 1.165) is 18.9 Å². The average Bonchev–Trinajstić information content (AvgIpc) is 3.35. The van der Waals surface area contributed by atoms with Gasteiger partial charge in [-0.25, -0.2) is 13.6 Å². The third-order valence-corrected chi connectivity index (χ3v) is 5.34. The zero-order chi connectivity index (χ0) is 18.7. The van der Waals surface area contributed by atoms with Crippen molar-refractivity contribution in [3.63, 3.8) is 0 Å². The van der Waals surface area contributed by atoms with Crippen molar-refractivity contribution in [2.75, 3.05) is 18.0 Å². The van der Waals surface area contributed by atoms with Crippen LogP contribution in [0.1, 0.15) is 36.2 Å². The molecule has 2 fully saturated rings. The number of rotatable bonds is 3. The Balaban J connectivity index is 2.00. The van der Waals surface area contributed by atoms with Gasteiger partial charge in [-0.1, -0.05) is 6.92 Å². The van der Waals surface area contributed by atoms with Crippen LogP contribution in [0.15, 0.2) is 17.1 Å². The molecule has 0 amide bonds. The molecule has 6 nitrogen and oxygen atoms in total. The molecule has 1 aliphatic carbocycles. The zero-order valence-corrected chi connectivity index (χ0v) is 14.2. The Labute approximate surface area is 147 Å². The van der Waals surface area contributed by atoms with Gasteiger partial charge in [0.1, 0.15) is 17.1 Å². The van der Waals surface area contributed by atoms with E-state index in [1.54, 1.807) is 4.90 Å². The van der Waals surface area contributed by atoms with Gasteiger partial charge < -0.3 is 20.3 Å². The summed E-state index contributed by atoms with van der Waals surface area (Å²) in [5.41, 5.74) is 4.39. The SMILES string of the molecule is C[C@@H]1CN(c2c(F)cc3c(=O)c(C(=O)O)cn(C4CC4)c3c2F)C[C@@H]1N. The average molecular weight is 363 g/mol. The molecule has 3 N–H and O–H groups in total. The number of pyridine rings is 1. The Kier molecular flexibility index (Phi) is 3.76. The molecule has 2 heterocycles. The normalized spacial score (nSPS) is 23.0. The van der Waals surface area contributed by atoms with Crippen LogP contribution in [-0.4, -0.2) is 34.8 Å². The van der Waals surface area contributed by atoms with E-state index >= 15 is 4.39 Å². The van der Waals surface area contributed by atoms with E-state index in [0.29, 0.717) is 13.1 Å². The van der Waals surface area contributed by atoms with Crippen LogP contribution in [0.25, 0.3) is 10.9 Å². The highest BCUT2D eigenvalue weighted by atomic mass is 19.1. The Bertz CT molecular complexity index is 974. The van der Waals surface area contributed by atoms with Crippen LogP contribution in [0, 0.1) is 17.6 Å². The van der Waals surface area contributed by atoms with Gasteiger partial charge in [0.15, 0.2) is 5.82 Å². The molecule has 1 aromatic heterocycles. The first-order chi connectivity index (χ1) is 12.3. The van der Waals surface area contributed by atoms with Crippen LogP contribution in [0.2, 0.25) is 0 Å². The predicted molar refractivity (Wildman–Crippen MR) is 92.7 cm³/mol. The molecule has 0 spiro atoms. The summed E-state index contributed by atoms with van der Waals surface area (Å²) in [4.78, 5) is 25.4. The minimum Gasteiger partial charge on any atom is -0.477 e. The fraction of sp³-hybridized carbons (Fsp3) is 0.444. The number of aromatic nitrogens is 1. The molecule has 1 saturated heterocycles. The Morgan fingerprint density at radius 3 is 2.54 bits per heavy atom. The molecule has 0 unspecified atom stereocenters. The highest BCUT2D eigenvalue weighted by Crippen LogP contribution is 2.40. The minimum atomic E-state index is -1.41. The van der Waals surface area contributed by atoms with Gasteiger partial charge >= 0.3 is 5.97 Å². The van der Waals surface area contributed by atoms with Gasteiger partial charge in [0.05, 0.1) is 10.9 Å². The van der Waals surface area contributed by atoms with E-state index in [1.165, 1.54) is 10.8 Å². The number of halogens is 2. The molecule has 1 saturated carbocycles. The zero-order valence-electron chi connectivity index (χ0n) is 14.2. The van der Waals surface area contributed by atoms with Gasteiger partial charge in [-0.05, 0) is 24.8 Å². The smallest absolute Gasteiger partial charge is 0.341 e. The summed E-state index contributed by atoms with van der Waals surface area (Å²) in [5, 5.41) is 9.01. The van der Waals surface area contributed by atoms with Crippen molar-refractivity contribution in [1.82, 2.24) is 4.57 Å². The molecule has 26 heavy (non-hydrogen) atoms. The number of aromatic carboxylic acids is 1. The quantitative estimate of drug-likeness (QED) is 0.872. The lowest BCUT2D eigenvalue weighted by atomic mass is 10.1. The van der Waals surface area contributed by atoms with Gasteiger partial charge in [0.2, 0.25) is 5.43 Å². The lowest BCUT2D eigenvalue weighted by Crippen LogP contribution is -2.29. The maximum absolute atomic E-state index is 15.4. The fourth-order valence-electron chi connectivity index (χ4n) is 3.69. The lowest BCUT2D eigenvalue weighted by Gasteiger charge is -2.22. The summed E-state index contributed by atoms with van der Waals surface area (Å²) in [6.07, 6.45) is 2.69. The van der Waals surface area contributed by atoms with Gasteiger partial charge in [-0.15, -0.1) is 0 Å². The molecule has 1 aliphatic heterocycles. The number of anilines is 1. The van der Waals surface area contributed by atoms with Crippen molar-refractivity contribution in [2.24, 2.45) is 11.7 Å². The topological polar surface area (TPSA) is 88.6 Å². The highest BCUT2D eigenvalue weighted by molar-refractivity contribution is 5.94. The van der Waals surface area contributed by atoms with Crippen molar-refractivity contribution in [3.05, 3.63) is 39.7 Å². The fourth-order valence-corrected chi connectivity index (χ4v) is 3.69. The van der Waals surface area contributed by atoms with Crippen LogP contribution >= 0.6 is 0 Å². The summed E-state index contributed by atoms with van der Waals surface area (Å²) in [5.74, 6) is -3.03. The van der Waals surface area contributed by atoms with Crippen molar-refractivity contribution < 1.29 is 18.7 Å². The first-order valence-electron chi connectivity index (χ1n) is 8.60. The van der Waals surface area contributed by atoms with Gasteiger partial charge in [-0.2, -0.15) is 0 Å². The second-order valence-corrected chi connectivity index (χ2v) is 7.28. The number of nitrogens with two attached hydrogens (primary N) is 1. The maximum atomic E-state index is 15.4. The summed E-state index contributed by atoms with van der Waals surface area (Å²) < 4.78 is 31.6. The van der Waals surface area contributed by atoms with Gasteiger partial charge in [0.25, 0.3) is 0 Å². The highest BCUT2D eigenvalue weighted by Gasteiger charge is 2.34. The maximum Gasteiger partial charge on any atom is 0.341 e. The molecule has 4 rings (SSSR count). The number of hydrogen-bond donors (Lipinski definition) is 2. The van der Waals surface area contributed by atoms with Crippen molar-refractivity contribution in [3.8, 4) is 0 Å². The van der Waals surface area contributed by atoms with E-state index in [2.05, 4.69) is 0 Å². The third kappa shape index (κ3) is 2.47. The van der Waals surface area contributed by atoms with Crippen molar-refractivity contribution >= 4 is 22.6 Å². The number of carboxylic acids is 1. The van der Waals surface area contributed by atoms with Gasteiger partial charge in [-0.3, -0.25) is 4.79 Å². The standard InChI is InChI=1S/C18H19F2N3O3/c1-8-5-22(7-13(8)21)16-12(19)4-10-15(14(16)20)23(9-2-3-9)6-11(17(10)24)18(25)26/h4,6,8-9,13H,2-3,5,7,21H2,1H3,(H,25,26)/t8-,13+/m1/s1. The number of hydrogen-bond acceptors (Lipinski definition) is 4. The van der Waals surface area contributed by atoms with Crippen molar-refractivity contribution in [2.45, 2.75) is 31.8 Å². The second-order valence-electron chi connectivity index (χ2n) is 7.28. The molecule has 2 aromatic rings. The monoisotopic (exact) mass is 363 g/mol. The van der Waals surface area contributed by atoms with Crippen LogP contribution in [0.5, 0.6) is 0 Å². The van der Waals surface area contributed by atoms with Gasteiger partial charge in [0, 0.05) is 31.4 Å². The van der Waals surface area contributed by atoms with Crippen molar-refractivity contribution in [1.29, 1.82) is 0 Å². The first kappa shape index (κ1) is 17.0. The molecule has 2 atom stereocenters. The summed E-state index contributed by atoms with van der Waals surface area (Å²) in [7, 11) is 0. The lowest BCUT2D eigenvalue weighted by molar-refractivity contribution is 0.0695. The summed E-state index contributed by atoms with van der Waals surface area (Å²) >= 11 is 0. The van der Waals surface area contributed by atoms with E-state index < -0.39 is 28.6 Å². The molecule has 138 valence electrons. The molecule has 0 radical (unpaired) electrons. The summed E-state index contributed by atoms with van der Waals surface area (Å²) in [6.45, 7) is 2.66. The number of carbonyl (C=O) groups is 1. The van der Waals surface area contributed by atoms with Crippen LogP contribution in [-0.2, 0) is 0 Å². The molecule has 1 aromatic carbocycles. The number of nitrogens with zero attached hydrogens (tertiary/aromatic N) is 2. The Morgan fingerprint density at radius 2 is 2.00 bits per heavy atom. The summed E-state index contributed by atoms with van der Waals surface area (Å²) in [6, 6.07) is 0.684. The largest absolute Gasteiger partial charge is 0.477 e. The van der Waals surface area contributed by atoms with E-state index in [4.69, 9.17) is 5.73 Å². The Hall–Kier alpha value is -2.48.